The summed E-state index contributed by atoms with van der Waals surface area (Å²) < 4.78 is 26.3. The van der Waals surface area contributed by atoms with Crippen LogP contribution < -0.4 is 0 Å². The van der Waals surface area contributed by atoms with Crippen LogP contribution in [0.1, 0.15) is 37.0 Å². The number of aromatic nitrogens is 1. The Bertz CT molecular complexity index is 405. The van der Waals surface area contributed by atoms with Gasteiger partial charge >= 0.3 is 0 Å². The average Bonchev–Trinajstić information content (AvgIpc) is 2.33. The smallest absolute Gasteiger partial charge is 0.257 e. The van der Waals surface area contributed by atoms with Gasteiger partial charge in [-0.3, -0.25) is 4.79 Å². The molecule has 0 N–H and O–H groups in total. The van der Waals surface area contributed by atoms with E-state index in [1.54, 1.807) is 7.05 Å². The molecular formula is C12H16F2N2O. The minimum absolute atomic E-state index is 0.0260. The van der Waals surface area contributed by atoms with E-state index in [1.165, 1.54) is 11.0 Å². The van der Waals surface area contributed by atoms with Gasteiger partial charge in [0.05, 0.1) is 5.56 Å². The highest BCUT2D eigenvalue weighted by Gasteiger charge is 2.22. The molecule has 1 heterocycles. The largest absolute Gasteiger partial charge is 0.339 e. The van der Waals surface area contributed by atoms with Crippen molar-refractivity contribution in [2.75, 3.05) is 7.05 Å². The maximum absolute atomic E-state index is 13.4. The zero-order valence-corrected chi connectivity index (χ0v) is 10.2. The molecule has 1 amide bonds. The Balaban J connectivity index is 3.00. The summed E-state index contributed by atoms with van der Waals surface area (Å²) in [4.78, 5) is 16.6. The van der Waals surface area contributed by atoms with Crippen LogP contribution in [0, 0.1) is 11.8 Å². The molecule has 0 aliphatic carbocycles. The molecule has 0 saturated heterocycles. The van der Waals surface area contributed by atoms with Gasteiger partial charge in [0.15, 0.2) is 5.82 Å². The van der Waals surface area contributed by atoms with Crippen molar-refractivity contribution in [3.05, 3.63) is 29.6 Å². The summed E-state index contributed by atoms with van der Waals surface area (Å²) in [6, 6.07) is 1.22. The first kappa shape index (κ1) is 13.5. The van der Waals surface area contributed by atoms with E-state index in [2.05, 4.69) is 4.98 Å². The Hall–Kier alpha value is -1.52. The second-order valence-electron chi connectivity index (χ2n) is 3.85. The zero-order valence-electron chi connectivity index (χ0n) is 10.2. The summed E-state index contributed by atoms with van der Waals surface area (Å²) in [6.07, 6.45) is 2.63. The number of amides is 1. The Labute approximate surface area is 99.5 Å². The van der Waals surface area contributed by atoms with E-state index in [4.69, 9.17) is 0 Å². The lowest BCUT2D eigenvalue weighted by Crippen LogP contribution is -2.36. The highest BCUT2D eigenvalue weighted by atomic mass is 19.2. The Kier molecular flexibility index (Phi) is 4.54. The molecule has 0 saturated carbocycles. The van der Waals surface area contributed by atoms with Crippen LogP contribution in [0.3, 0.4) is 0 Å². The van der Waals surface area contributed by atoms with Crippen molar-refractivity contribution in [2.45, 2.75) is 32.7 Å². The lowest BCUT2D eigenvalue weighted by Gasteiger charge is -2.26. The van der Waals surface area contributed by atoms with Gasteiger partial charge in [0.25, 0.3) is 5.91 Å². The van der Waals surface area contributed by atoms with Gasteiger partial charge in [-0.2, -0.15) is 4.39 Å². The van der Waals surface area contributed by atoms with Crippen molar-refractivity contribution in [3.63, 3.8) is 0 Å². The van der Waals surface area contributed by atoms with Crippen LogP contribution in [-0.4, -0.2) is 28.9 Å². The molecular weight excluding hydrogens is 226 g/mol. The highest BCUT2D eigenvalue weighted by Crippen LogP contribution is 2.15. The standard InChI is InChI=1S/C12H16F2N2O/c1-4-8(5-2)16(3)12(17)9-6-7-15-11(14)10(9)13/h6-8H,4-5H2,1-3H3. The van der Waals surface area contributed by atoms with Crippen LogP contribution >= 0.6 is 0 Å². The number of carbonyl (C=O) groups excluding carboxylic acids is 1. The third-order valence-electron chi connectivity index (χ3n) is 2.89. The monoisotopic (exact) mass is 242 g/mol. The summed E-state index contributed by atoms with van der Waals surface area (Å²) in [5.41, 5.74) is -0.271. The zero-order chi connectivity index (χ0) is 13.0. The average molecular weight is 242 g/mol. The van der Waals surface area contributed by atoms with Crippen molar-refractivity contribution >= 4 is 5.91 Å². The SMILES string of the molecule is CCC(CC)N(C)C(=O)c1ccnc(F)c1F. The molecule has 0 aliphatic heterocycles. The fourth-order valence-electron chi connectivity index (χ4n) is 1.78. The van der Waals surface area contributed by atoms with Gasteiger partial charge in [-0.25, -0.2) is 9.37 Å². The van der Waals surface area contributed by atoms with Crippen molar-refractivity contribution in [1.29, 1.82) is 0 Å². The quantitative estimate of drug-likeness (QED) is 0.760. The fraction of sp³-hybridized carbons (Fsp3) is 0.500. The van der Waals surface area contributed by atoms with Crippen molar-refractivity contribution in [1.82, 2.24) is 9.88 Å². The maximum Gasteiger partial charge on any atom is 0.257 e. The highest BCUT2D eigenvalue weighted by molar-refractivity contribution is 5.94. The van der Waals surface area contributed by atoms with Gasteiger partial charge in [-0.05, 0) is 18.9 Å². The summed E-state index contributed by atoms with van der Waals surface area (Å²) in [5.74, 6) is -2.94. The summed E-state index contributed by atoms with van der Waals surface area (Å²) in [6.45, 7) is 3.89. The van der Waals surface area contributed by atoms with Crippen molar-refractivity contribution in [3.8, 4) is 0 Å². The van der Waals surface area contributed by atoms with Crippen LogP contribution in [0.5, 0.6) is 0 Å². The van der Waals surface area contributed by atoms with E-state index in [-0.39, 0.29) is 11.6 Å². The predicted molar refractivity (Wildman–Crippen MR) is 60.6 cm³/mol. The van der Waals surface area contributed by atoms with E-state index in [0.29, 0.717) is 0 Å². The number of rotatable bonds is 4. The second-order valence-corrected chi connectivity index (χ2v) is 3.85. The fourth-order valence-corrected chi connectivity index (χ4v) is 1.78. The Morgan fingerprint density at radius 2 is 2.00 bits per heavy atom. The number of halogens is 2. The van der Waals surface area contributed by atoms with Gasteiger partial charge in [0.2, 0.25) is 5.95 Å². The first-order chi connectivity index (χ1) is 8.02. The molecule has 0 atom stereocenters. The number of pyridine rings is 1. The van der Waals surface area contributed by atoms with E-state index in [9.17, 15) is 13.6 Å². The molecule has 0 spiro atoms. The molecule has 0 aliphatic rings. The maximum atomic E-state index is 13.4. The molecule has 1 aromatic heterocycles. The molecule has 1 rings (SSSR count). The van der Waals surface area contributed by atoms with E-state index < -0.39 is 17.7 Å². The molecule has 0 unspecified atom stereocenters. The number of nitrogens with zero attached hydrogens (tertiary/aromatic N) is 2. The molecule has 0 bridgehead atoms. The third-order valence-corrected chi connectivity index (χ3v) is 2.89. The minimum Gasteiger partial charge on any atom is -0.339 e. The van der Waals surface area contributed by atoms with Crippen LogP contribution in [0.4, 0.5) is 8.78 Å². The summed E-state index contributed by atoms with van der Waals surface area (Å²) >= 11 is 0. The first-order valence-corrected chi connectivity index (χ1v) is 5.60. The molecule has 1 aromatic rings. The molecule has 5 heteroatoms. The van der Waals surface area contributed by atoms with Crippen LogP contribution in [-0.2, 0) is 0 Å². The molecule has 94 valence electrons. The summed E-state index contributed by atoms with van der Waals surface area (Å²) in [5, 5.41) is 0. The predicted octanol–water partition coefficient (Wildman–Crippen LogP) is 2.62. The normalized spacial score (nSPS) is 10.7. The third kappa shape index (κ3) is 2.78. The lowest BCUT2D eigenvalue weighted by atomic mass is 10.1. The van der Waals surface area contributed by atoms with Crippen LogP contribution in [0.2, 0.25) is 0 Å². The second kappa shape index (κ2) is 5.70. The van der Waals surface area contributed by atoms with E-state index >= 15 is 0 Å². The topological polar surface area (TPSA) is 33.2 Å². The minimum atomic E-state index is -1.24. The van der Waals surface area contributed by atoms with Crippen molar-refractivity contribution in [2.24, 2.45) is 0 Å². The van der Waals surface area contributed by atoms with Crippen LogP contribution in [0.15, 0.2) is 12.3 Å². The van der Waals surface area contributed by atoms with E-state index in [0.717, 1.165) is 19.0 Å². The summed E-state index contributed by atoms with van der Waals surface area (Å²) in [7, 11) is 1.60. The Morgan fingerprint density at radius 1 is 1.41 bits per heavy atom. The van der Waals surface area contributed by atoms with E-state index in [1.807, 2.05) is 13.8 Å². The molecule has 0 radical (unpaired) electrons. The molecule has 3 nitrogen and oxygen atoms in total. The number of carbonyl (C=O) groups is 1. The van der Waals surface area contributed by atoms with Gasteiger partial charge in [-0.1, -0.05) is 13.8 Å². The van der Waals surface area contributed by atoms with Gasteiger partial charge in [0.1, 0.15) is 0 Å². The van der Waals surface area contributed by atoms with Crippen LogP contribution in [0.25, 0.3) is 0 Å². The van der Waals surface area contributed by atoms with Gasteiger partial charge in [0, 0.05) is 19.3 Å². The van der Waals surface area contributed by atoms with Crippen molar-refractivity contribution < 1.29 is 13.6 Å². The number of hydrogen-bond donors (Lipinski definition) is 0. The Morgan fingerprint density at radius 3 is 2.53 bits per heavy atom. The molecule has 17 heavy (non-hydrogen) atoms. The first-order valence-electron chi connectivity index (χ1n) is 5.60. The number of hydrogen-bond acceptors (Lipinski definition) is 2. The molecule has 0 aromatic carbocycles. The lowest BCUT2D eigenvalue weighted by molar-refractivity contribution is 0.0717. The van der Waals surface area contributed by atoms with Gasteiger partial charge in [-0.15, -0.1) is 0 Å². The molecule has 0 fully saturated rings. The van der Waals surface area contributed by atoms with Gasteiger partial charge < -0.3 is 4.90 Å².